The Balaban J connectivity index is 2.19. The summed E-state index contributed by atoms with van der Waals surface area (Å²) >= 11 is 0. The van der Waals surface area contributed by atoms with Crippen molar-refractivity contribution in [1.29, 1.82) is 5.26 Å². The molecular weight excluding hydrogens is 242 g/mol. The fourth-order valence-corrected chi connectivity index (χ4v) is 1.50. The molecule has 0 atom stereocenters. The normalized spacial score (nSPS) is 10.8. The van der Waals surface area contributed by atoms with E-state index >= 15 is 0 Å². The summed E-state index contributed by atoms with van der Waals surface area (Å²) in [6.07, 6.45) is 0. The van der Waals surface area contributed by atoms with Crippen molar-refractivity contribution in [2.75, 3.05) is 0 Å². The van der Waals surface area contributed by atoms with E-state index in [2.05, 4.69) is 10.5 Å². The Kier molecular flexibility index (Phi) is 3.34. The van der Waals surface area contributed by atoms with Gasteiger partial charge in [-0.15, -0.1) is 0 Å². The van der Waals surface area contributed by atoms with Gasteiger partial charge in [-0.05, 0) is 13.8 Å². The molecule has 0 bridgehead atoms. The maximum atomic E-state index is 11.9. The van der Waals surface area contributed by atoms with Gasteiger partial charge in [0.25, 0.3) is 5.91 Å². The van der Waals surface area contributed by atoms with E-state index in [4.69, 9.17) is 9.78 Å². The van der Waals surface area contributed by atoms with Crippen molar-refractivity contribution in [1.82, 2.24) is 10.5 Å². The maximum Gasteiger partial charge on any atom is 0.274 e. The second-order valence-corrected chi connectivity index (χ2v) is 4.63. The van der Waals surface area contributed by atoms with Crippen LogP contribution in [0.2, 0.25) is 0 Å². The highest BCUT2D eigenvalue weighted by atomic mass is 16.5. The second kappa shape index (κ2) is 4.94. The van der Waals surface area contributed by atoms with Crippen LogP contribution in [0.3, 0.4) is 0 Å². The van der Waals surface area contributed by atoms with E-state index in [0.29, 0.717) is 5.76 Å². The number of rotatable bonds is 3. The molecule has 1 heterocycles. The van der Waals surface area contributed by atoms with Crippen molar-refractivity contribution in [2.45, 2.75) is 19.4 Å². The van der Waals surface area contributed by atoms with E-state index in [0.717, 1.165) is 5.56 Å². The lowest BCUT2D eigenvalue weighted by Crippen LogP contribution is -2.42. The summed E-state index contributed by atoms with van der Waals surface area (Å²) < 4.78 is 5.13. The first-order valence-electron chi connectivity index (χ1n) is 5.78. The van der Waals surface area contributed by atoms with Gasteiger partial charge in [0.1, 0.15) is 5.54 Å². The van der Waals surface area contributed by atoms with E-state index < -0.39 is 11.4 Å². The summed E-state index contributed by atoms with van der Waals surface area (Å²) in [7, 11) is 0. The lowest BCUT2D eigenvalue weighted by atomic mass is 10.1. The third-order valence-electron chi connectivity index (χ3n) is 2.51. The SMILES string of the molecule is CC(C)(C#N)NC(=O)c1cc(-c2ccccc2)on1. The number of nitriles is 1. The minimum absolute atomic E-state index is 0.155. The zero-order valence-corrected chi connectivity index (χ0v) is 10.7. The third kappa shape index (κ3) is 2.99. The molecule has 1 aromatic carbocycles. The largest absolute Gasteiger partial charge is 0.355 e. The molecule has 0 saturated heterocycles. The zero-order valence-electron chi connectivity index (χ0n) is 10.7. The van der Waals surface area contributed by atoms with Crippen LogP contribution in [0.5, 0.6) is 0 Å². The van der Waals surface area contributed by atoms with Crippen molar-refractivity contribution in [3.63, 3.8) is 0 Å². The first-order chi connectivity index (χ1) is 9.02. The summed E-state index contributed by atoms with van der Waals surface area (Å²) in [5, 5.41) is 15.1. The van der Waals surface area contributed by atoms with Crippen LogP contribution in [0.4, 0.5) is 0 Å². The first kappa shape index (κ1) is 12.8. The lowest BCUT2D eigenvalue weighted by molar-refractivity contribution is 0.0920. The molecule has 2 aromatic rings. The number of aromatic nitrogens is 1. The van der Waals surface area contributed by atoms with Gasteiger partial charge in [-0.25, -0.2) is 0 Å². The monoisotopic (exact) mass is 255 g/mol. The number of benzene rings is 1. The van der Waals surface area contributed by atoms with E-state index in [1.807, 2.05) is 36.4 Å². The molecule has 1 amide bonds. The molecule has 0 spiro atoms. The molecule has 96 valence electrons. The Labute approximate surface area is 110 Å². The molecule has 19 heavy (non-hydrogen) atoms. The molecule has 1 N–H and O–H groups in total. The number of nitrogens with one attached hydrogen (secondary N) is 1. The van der Waals surface area contributed by atoms with E-state index in [-0.39, 0.29) is 5.69 Å². The number of amides is 1. The van der Waals surface area contributed by atoms with Gasteiger partial charge >= 0.3 is 0 Å². The third-order valence-corrected chi connectivity index (χ3v) is 2.51. The Hall–Kier alpha value is -2.61. The van der Waals surface area contributed by atoms with Gasteiger partial charge in [0.05, 0.1) is 6.07 Å². The minimum atomic E-state index is -0.942. The van der Waals surface area contributed by atoms with Crippen LogP contribution in [-0.2, 0) is 0 Å². The summed E-state index contributed by atoms with van der Waals surface area (Å²) in [5.74, 6) is 0.0815. The van der Waals surface area contributed by atoms with E-state index in [1.54, 1.807) is 19.9 Å². The van der Waals surface area contributed by atoms with Crippen LogP contribution in [0, 0.1) is 11.3 Å². The van der Waals surface area contributed by atoms with Crippen molar-refractivity contribution < 1.29 is 9.32 Å². The molecule has 0 saturated carbocycles. The molecular formula is C14H13N3O2. The predicted octanol–water partition coefficient (Wildman–Crippen LogP) is 2.37. The topological polar surface area (TPSA) is 78.9 Å². The van der Waals surface area contributed by atoms with Gasteiger partial charge in [-0.1, -0.05) is 35.5 Å². The van der Waals surface area contributed by atoms with Crippen LogP contribution in [0.1, 0.15) is 24.3 Å². The van der Waals surface area contributed by atoms with Gasteiger partial charge in [0.2, 0.25) is 0 Å². The number of hydrogen-bond acceptors (Lipinski definition) is 4. The minimum Gasteiger partial charge on any atom is -0.355 e. The van der Waals surface area contributed by atoms with Gasteiger partial charge in [0, 0.05) is 11.6 Å². The van der Waals surface area contributed by atoms with Crippen LogP contribution in [0.25, 0.3) is 11.3 Å². The summed E-state index contributed by atoms with van der Waals surface area (Å²) in [6, 6.07) is 12.9. The molecule has 0 radical (unpaired) electrons. The van der Waals surface area contributed by atoms with Crippen molar-refractivity contribution in [2.24, 2.45) is 0 Å². The molecule has 0 fully saturated rings. The average Bonchev–Trinajstić information content (AvgIpc) is 2.89. The van der Waals surface area contributed by atoms with Gasteiger partial charge in [-0.3, -0.25) is 4.79 Å². The molecule has 5 nitrogen and oxygen atoms in total. The number of carbonyl (C=O) groups excluding carboxylic acids is 1. The van der Waals surface area contributed by atoms with Crippen molar-refractivity contribution in [3.05, 3.63) is 42.1 Å². The van der Waals surface area contributed by atoms with Crippen LogP contribution < -0.4 is 5.32 Å². The Morgan fingerprint density at radius 1 is 1.37 bits per heavy atom. The fourth-order valence-electron chi connectivity index (χ4n) is 1.50. The van der Waals surface area contributed by atoms with Crippen LogP contribution in [0.15, 0.2) is 40.9 Å². The summed E-state index contributed by atoms with van der Waals surface area (Å²) in [5.41, 5.74) is 0.0546. The Morgan fingerprint density at radius 3 is 2.68 bits per heavy atom. The summed E-state index contributed by atoms with van der Waals surface area (Å²) in [6.45, 7) is 3.23. The molecule has 0 aliphatic rings. The average molecular weight is 255 g/mol. The van der Waals surface area contributed by atoms with Gasteiger partial charge in [0.15, 0.2) is 11.5 Å². The lowest BCUT2D eigenvalue weighted by Gasteiger charge is -2.15. The number of carbonyl (C=O) groups is 1. The van der Waals surface area contributed by atoms with Crippen molar-refractivity contribution in [3.8, 4) is 17.4 Å². The summed E-state index contributed by atoms with van der Waals surface area (Å²) in [4.78, 5) is 11.9. The molecule has 0 aliphatic carbocycles. The number of nitrogens with zero attached hydrogens (tertiary/aromatic N) is 2. The zero-order chi connectivity index (χ0) is 13.9. The molecule has 0 aliphatic heterocycles. The Morgan fingerprint density at radius 2 is 2.05 bits per heavy atom. The van der Waals surface area contributed by atoms with E-state index in [1.165, 1.54) is 0 Å². The fraction of sp³-hybridized carbons (Fsp3) is 0.214. The maximum absolute atomic E-state index is 11.9. The standard InChI is InChI=1S/C14H13N3O2/c1-14(2,9-15)16-13(18)11-8-12(19-17-11)10-6-4-3-5-7-10/h3-8H,1-2H3,(H,16,18). The van der Waals surface area contributed by atoms with Gasteiger partial charge < -0.3 is 9.84 Å². The molecule has 1 aromatic heterocycles. The Bertz CT molecular complexity index is 624. The van der Waals surface area contributed by atoms with Crippen molar-refractivity contribution >= 4 is 5.91 Å². The second-order valence-electron chi connectivity index (χ2n) is 4.63. The molecule has 0 unspecified atom stereocenters. The smallest absolute Gasteiger partial charge is 0.274 e. The van der Waals surface area contributed by atoms with Crippen LogP contribution >= 0.6 is 0 Å². The van der Waals surface area contributed by atoms with Crippen LogP contribution in [-0.4, -0.2) is 16.6 Å². The number of hydrogen-bond donors (Lipinski definition) is 1. The highest BCUT2D eigenvalue weighted by Crippen LogP contribution is 2.19. The quantitative estimate of drug-likeness (QED) is 0.913. The van der Waals surface area contributed by atoms with Gasteiger partial charge in [-0.2, -0.15) is 5.26 Å². The molecule has 5 heteroatoms. The van der Waals surface area contributed by atoms with E-state index in [9.17, 15) is 4.79 Å². The predicted molar refractivity (Wildman–Crippen MR) is 69.1 cm³/mol. The first-order valence-corrected chi connectivity index (χ1v) is 5.78. The highest BCUT2D eigenvalue weighted by Gasteiger charge is 2.22. The molecule has 2 rings (SSSR count). The highest BCUT2D eigenvalue weighted by molar-refractivity contribution is 5.93.